The lowest BCUT2D eigenvalue weighted by molar-refractivity contribution is -0.114. The van der Waals surface area contributed by atoms with Gasteiger partial charge in [0.2, 0.25) is 11.8 Å². The van der Waals surface area contributed by atoms with E-state index in [1.165, 1.54) is 31.2 Å². The molecule has 0 unspecified atom stereocenters. The molecule has 0 aliphatic carbocycles. The van der Waals surface area contributed by atoms with Crippen molar-refractivity contribution in [3.05, 3.63) is 77.8 Å². The number of carbonyl (C=O) groups excluding carboxylic acids is 2. The number of hydrogen-bond acceptors (Lipinski definition) is 6. The maximum atomic E-state index is 13.4. The van der Waals surface area contributed by atoms with Crippen LogP contribution in [0.3, 0.4) is 0 Å². The van der Waals surface area contributed by atoms with Crippen LogP contribution < -0.4 is 10.6 Å². The van der Waals surface area contributed by atoms with Crippen LogP contribution in [0.4, 0.5) is 11.4 Å². The van der Waals surface area contributed by atoms with Crippen LogP contribution in [0.1, 0.15) is 6.92 Å². The van der Waals surface area contributed by atoms with Crippen LogP contribution in [0.25, 0.3) is 11.0 Å². The molecular formula is C23H19ClN4O4S2. The number of anilines is 2. The Morgan fingerprint density at radius 1 is 0.941 bits per heavy atom. The van der Waals surface area contributed by atoms with Crippen molar-refractivity contribution in [3.63, 3.8) is 0 Å². The van der Waals surface area contributed by atoms with Gasteiger partial charge in [0.15, 0.2) is 5.16 Å². The van der Waals surface area contributed by atoms with E-state index in [0.717, 1.165) is 15.7 Å². The molecule has 8 nitrogen and oxygen atoms in total. The summed E-state index contributed by atoms with van der Waals surface area (Å²) < 4.78 is 28.0. The number of hydrogen-bond donors (Lipinski definition) is 2. The van der Waals surface area contributed by atoms with E-state index in [9.17, 15) is 18.0 Å². The van der Waals surface area contributed by atoms with Gasteiger partial charge in [-0.05, 0) is 60.7 Å². The van der Waals surface area contributed by atoms with Gasteiger partial charge < -0.3 is 10.6 Å². The molecular weight excluding hydrogens is 496 g/mol. The Kier molecular flexibility index (Phi) is 6.92. The van der Waals surface area contributed by atoms with Gasteiger partial charge in [0.05, 0.1) is 21.7 Å². The number of fused-ring (bicyclic) bond motifs is 1. The summed E-state index contributed by atoms with van der Waals surface area (Å²) in [6, 6.07) is 19.4. The molecule has 4 rings (SSSR count). The SMILES string of the molecule is CC(=O)Nc1ccc(NC(=O)CSc2nc3ccccc3n2S(=O)(=O)c2ccc(Cl)cc2)cc1. The third kappa shape index (κ3) is 5.24. The third-order valence-corrected chi connectivity index (χ3v) is 7.69. The highest BCUT2D eigenvalue weighted by atomic mass is 35.5. The number of aromatic nitrogens is 2. The van der Waals surface area contributed by atoms with Crippen LogP contribution >= 0.6 is 23.4 Å². The molecule has 1 aromatic heterocycles. The first-order chi connectivity index (χ1) is 16.2. The highest BCUT2D eigenvalue weighted by molar-refractivity contribution is 8.00. The zero-order chi connectivity index (χ0) is 24.3. The van der Waals surface area contributed by atoms with Gasteiger partial charge in [-0.2, -0.15) is 0 Å². The van der Waals surface area contributed by atoms with Gasteiger partial charge in [-0.3, -0.25) is 9.59 Å². The van der Waals surface area contributed by atoms with E-state index < -0.39 is 10.0 Å². The minimum Gasteiger partial charge on any atom is -0.326 e. The van der Waals surface area contributed by atoms with Crippen molar-refractivity contribution in [2.24, 2.45) is 0 Å². The fraction of sp³-hybridized carbons (Fsp3) is 0.0870. The van der Waals surface area contributed by atoms with Crippen LogP contribution in [0, 0.1) is 0 Å². The number of imidazole rings is 1. The van der Waals surface area contributed by atoms with Crippen LogP contribution in [-0.2, 0) is 19.6 Å². The summed E-state index contributed by atoms with van der Waals surface area (Å²) in [4.78, 5) is 28.2. The van der Waals surface area contributed by atoms with E-state index in [1.54, 1.807) is 48.5 Å². The summed E-state index contributed by atoms with van der Waals surface area (Å²) in [5, 5.41) is 5.99. The van der Waals surface area contributed by atoms with E-state index in [1.807, 2.05) is 0 Å². The van der Waals surface area contributed by atoms with E-state index >= 15 is 0 Å². The standard InChI is InChI=1S/C23H19ClN4O4S2/c1-15(29)25-17-8-10-18(11-9-17)26-22(30)14-33-23-27-20-4-2-3-5-21(20)28(23)34(31,32)19-12-6-16(24)7-13-19/h2-13H,14H2,1H3,(H,25,29)(H,26,30). The van der Waals surface area contributed by atoms with Crippen molar-refractivity contribution in [2.45, 2.75) is 17.0 Å². The number of nitrogens with one attached hydrogen (secondary N) is 2. The lowest BCUT2D eigenvalue weighted by Gasteiger charge is -2.11. The molecule has 1 heterocycles. The number of nitrogens with zero attached hydrogens (tertiary/aromatic N) is 2. The first-order valence-electron chi connectivity index (χ1n) is 10.0. The summed E-state index contributed by atoms with van der Waals surface area (Å²) in [5.74, 6) is -0.586. The number of amides is 2. The van der Waals surface area contributed by atoms with Gasteiger partial charge in [-0.25, -0.2) is 17.4 Å². The van der Waals surface area contributed by atoms with E-state index in [-0.39, 0.29) is 27.6 Å². The minimum absolute atomic E-state index is 0.0608. The van der Waals surface area contributed by atoms with E-state index in [2.05, 4.69) is 15.6 Å². The average Bonchev–Trinajstić information content (AvgIpc) is 3.18. The third-order valence-electron chi connectivity index (χ3n) is 4.66. The molecule has 0 aliphatic heterocycles. The van der Waals surface area contributed by atoms with E-state index in [0.29, 0.717) is 27.4 Å². The average molecular weight is 515 g/mol. The quantitative estimate of drug-likeness (QED) is 0.348. The Balaban J connectivity index is 1.56. The van der Waals surface area contributed by atoms with Crippen LogP contribution in [0.2, 0.25) is 5.02 Å². The maximum absolute atomic E-state index is 13.4. The summed E-state index contributed by atoms with van der Waals surface area (Å²) in [6.45, 7) is 1.41. The van der Waals surface area contributed by atoms with Crippen LogP contribution in [0.15, 0.2) is 82.8 Å². The Labute approximate surface area is 205 Å². The molecule has 0 radical (unpaired) electrons. The second kappa shape index (κ2) is 9.88. The largest absolute Gasteiger partial charge is 0.326 e. The fourth-order valence-corrected chi connectivity index (χ4v) is 5.82. The molecule has 0 spiro atoms. The summed E-state index contributed by atoms with van der Waals surface area (Å²) in [7, 11) is -3.98. The molecule has 34 heavy (non-hydrogen) atoms. The molecule has 0 saturated carbocycles. The molecule has 11 heteroatoms. The topological polar surface area (TPSA) is 110 Å². The Morgan fingerprint density at radius 3 is 2.21 bits per heavy atom. The van der Waals surface area contributed by atoms with Gasteiger partial charge in [-0.15, -0.1) is 0 Å². The van der Waals surface area contributed by atoms with Crippen molar-refractivity contribution in [3.8, 4) is 0 Å². The summed E-state index contributed by atoms with van der Waals surface area (Å²) in [5.41, 5.74) is 2.06. The van der Waals surface area contributed by atoms with E-state index in [4.69, 9.17) is 11.6 Å². The normalized spacial score (nSPS) is 11.4. The Bertz CT molecular complexity index is 1470. The van der Waals surface area contributed by atoms with Crippen molar-refractivity contribution < 1.29 is 18.0 Å². The molecule has 3 aromatic carbocycles. The molecule has 0 saturated heterocycles. The van der Waals surface area contributed by atoms with Crippen LogP contribution in [0.5, 0.6) is 0 Å². The molecule has 0 fully saturated rings. The number of benzene rings is 3. The first-order valence-corrected chi connectivity index (χ1v) is 12.8. The van der Waals surface area contributed by atoms with Gasteiger partial charge in [0.1, 0.15) is 0 Å². The van der Waals surface area contributed by atoms with Gasteiger partial charge >= 0.3 is 0 Å². The van der Waals surface area contributed by atoms with Crippen molar-refractivity contribution in [1.29, 1.82) is 0 Å². The van der Waals surface area contributed by atoms with Gasteiger partial charge in [-0.1, -0.05) is 35.5 Å². The number of halogens is 1. The number of thioether (sulfide) groups is 1. The predicted molar refractivity (Wildman–Crippen MR) is 134 cm³/mol. The smallest absolute Gasteiger partial charge is 0.270 e. The molecule has 2 N–H and O–H groups in total. The Hall–Kier alpha value is -3.34. The van der Waals surface area contributed by atoms with Crippen molar-refractivity contribution >= 4 is 67.6 Å². The van der Waals surface area contributed by atoms with Crippen molar-refractivity contribution in [1.82, 2.24) is 8.96 Å². The molecule has 174 valence electrons. The predicted octanol–water partition coefficient (Wildman–Crippen LogP) is 4.62. The maximum Gasteiger partial charge on any atom is 0.270 e. The highest BCUT2D eigenvalue weighted by Gasteiger charge is 2.25. The summed E-state index contributed by atoms with van der Waals surface area (Å²) in [6.07, 6.45) is 0. The van der Waals surface area contributed by atoms with Crippen LogP contribution in [-0.4, -0.2) is 34.9 Å². The lowest BCUT2D eigenvalue weighted by atomic mass is 10.3. The number of carbonyl (C=O) groups is 2. The second-order valence-corrected chi connectivity index (χ2v) is 10.4. The zero-order valence-corrected chi connectivity index (χ0v) is 20.2. The Morgan fingerprint density at radius 2 is 1.56 bits per heavy atom. The number of para-hydroxylation sites is 2. The van der Waals surface area contributed by atoms with Gasteiger partial charge in [0, 0.05) is 23.3 Å². The molecule has 4 aromatic rings. The lowest BCUT2D eigenvalue weighted by Crippen LogP contribution is -2.17. The highest BCUT2D eigenvalue weighted by Crippen LogP contribution is 2.29. The molecule has 0 atom stereocenters. The zero-order valence-electron chi connectivity index (χ0n) is 17.9. The number of rotatable bonds is 7. The first kappa shape index (κ1) is 23.8. The fourth-order valence-electron chi connectivity index (χ4n) is 3.18. The van der Waals surface area contributed by atoms with Gasteiger partial charge in [0.25, 0.3) is 10.0 Å². The molecule has 2 amide bonds. The van der Waals surface area contributed by atoms with Crippen molar-refractivity contribution in [2.75, 3.05) is 16.4 Å². The second-order valence-electron chi connectivity index (χ2n) is 7.20. The molecule has 0 bridgehead atoms. The monoisotopic (exact) mass is 514 g/mol. The minimum atomic E-state index is -3.98. The summed E-state index contributed by atoms with van der Waals surface area (Å²) >= 11 is 6.93. The molecule has 0 aliphatic rings.